The Balaban J connectivity index is 1.22. The number of benzene rings is 3. The molecular weight excluding hydrogens is 668 g/mol. The molecule has 13 nitrogen and oxygen atoms in total. The van der Waals surface area contributed by atoms with Crippen molar-refractivity contribution in [2.75, 3.05) is 33.8 Å². The van der Waals surface area contributed by atoms with Crippen molar-refractivity contribution in [3.63, 3.8) is 0 Å². The third-order valence-electron chi connectivity index (χ3n) is 10.1. The van der Waals surface area contributed by atoms with Gasteiger partial charge in [0.05, 0.1) is 13.2 Å². The first-order valence-corrected chi connectivity index (χ1v) is 17.4. The number of aliphatic hydroxyl groups excluding tert-OH is 1. The maximum atomic E-state index is 14.5. The minimum Gasteiger partial charge on any atom is -0.458 e. The Morgan fingerprint density at radius 1 is 0.904 bits per heavy atom. The second-order valence-corrected chi connectivity index (χ2v) is 13.6. The molecule has 272 valence electrons. The van der Waals surface area contributed by atoms with Crippen LogP contribution in [0, 0.1) is 5.41 Å². The van der Waals surface area contributed by atoms with Gasteiger partial charge in [0.15, 0.2) is 6.04 Å². The molecule has 13 heteroatoms. The first-order chi connectivity index (χ1) is 25.2. The van der Waals surface area contributed by atoms with E-state index in [1.807, 2.05) is 84.9 Å². The summed E-state index contributed by atoms with van der Waals surface area (Å²) < 4.78 is 20.0. The minimum absolute atomic E-state index is 0.00568. The molecule has 52 heavy (non-hydrogen) atoms. The van der Waals surface area contributed by atoms with Crippen LogP contribution in [0.25, 0.3) is 6.08 Å². The number of esters is 1. The van der Waals surface area contributed by atoms with Crippen molar-refractivity contribution in [2.45, 2.75) is 55.6 Å². The Kier molecular flexibility index (Phi) is 9.96. The molecule has 3 N–H and O–H groups in total. The highest BCUT2D eigenvalue weighted by molar-refractivity contribution is 5.94. The molecule has 7 rings (SSSR count). The van der Waals surface area contributed by atoms with E-state index in [4.69, 9.17) is 24.2 Å². The molecule has 1 saturated carbocycles. The van der Waals surface area contributed by atoms with Crippen molar-refractivity contribution in [3.8, 4) is 0 Å². The predicted molar refractivity (Wildman–Crippen MR) is 186 cm³/mol. The van der Waals surface area contributed by atoms with Gasteiger partial charge < -0.3 is 34.9 Å². The Labute approximate surface area is 301 Å². The topological polar surface area (TPSA) is 156 Å². The molecular formula is C39H42N4O9. The van der Waals surface area contributed by atoms with E-state index in [1.54, 1.807) is 20.2 Å². The monoisotopic (exact) mass is 710 g/mol. The van der Waals surface area contributed by atoms with Gasteiger partial charge in [-0.05, 0) is 17.2 Å². The number of carbonyl (C=O) groups excluding carboxylic acids is 4. The smallest absolute Gasteiger partial charge is 0.327 e. The van der Waals surface area contributed by atoms with E-state index in [0.717, 1.165) is 22.3 Å². The fraction of sp³-hybridized carbons (Fsp3) is 0.385. The first kappa shape index (κ1) is 35.5. The third-order valence-corrected chi connectivity index (χ3v) is 10.1. The van der Waals surface area contributed by atoms with Gasteiger partial charge in [-0.15, -0.1) is 0 Å². The fourth-order valence-electron chi connectivity index (χ4n) is 7.66. The van der Waals surface area contributed by atoms with E-state index in [-0.39, 0.29) is 50.9 Å². The maximum Gasteiger partial charge on any atom is 0.327 e. The van der Waals surface area contributed by atoms with E-state index in [9.17, 15) is 19.2 Å². The Hall–Kier alpha value is -4.92. The molecule has 3 aromatic rings. The van der Waals surface area contributed by atoms with Crippen LogP contribution < -0.4 is 10.6 Å². The van der Waals surface area contributed by atoms with Crippen LogP contribution in [0.5, 0.6) is 0 Å². The van der Waals surface area contributed by atoms with Crippen molar-refractivity contribution < 1.29 is 43.3 Å². The van der Waals surface area contributed by atoms with E-state index in [2.05, 4.69) is 10.6 Å². The second-order valence-electron chi connectivity index (χ2n) is 13.6. The number of hydrogen-bond donors (Lipinski definition) is 3. The number of likely N-dealkylation sites (N-methyl/N-ethyl adjacent to an activating group) is 1. The first-order valence-electron chi connectivity index (χ1n) is 17.4. The lowest BCUT2D eigenvalue weighted by atomic mass is 9.62. The molecule has 1 aliphatic carbocycles. The summed E-state index contributed by atoms with van der Waals surface area (Å²) in [5.74, 6) is -2.92. The van der Waals surface area contributed by atoms with Gasteiger partial charge in [-0.25, -0.2) is 0 Å². The highest BCUT2D eigenvalue weighted by Crippen LogP contribution is 2.59. The summed E-state index contributed by atoms with van der Waals surface area (Å²) in [6, 6.07) is 25.3. The molecule has 6 unspecified atom stereocenters. The summed E-state index contributed by atoms with van der Waals surface area (Å²) in [5, 5.41) is 16.1. The van der Waals surface area contributed by atoms with Crippen LogP contribution >= 0.6 is 0 Å². The zero-order chi connectivity index (χ0) is 36.5. The second kappa shape index (κ2) is 14.6. The van der Waals surface area contributed by atoms with Gasteiger partial charge in [0.1, 0.15) is 29.8 Å². The average molecular weight is 711 g/mol. The number of hydroxylamine groups is 2. The highest BCUT2D eigenvalue weighted by atomic mass is 16.8. The molecule has 3 heterocycles. The number of fused-ring (bicyclic) bond motifs is 4. The highest BCUT2D eigenvalue weighted by Gasteiger charge is 2.76. The van der Waals surface area contributed by atoms with Crippen molar-refractivity contribution in [3.05, 3.63) is 113 Å². The van der Waals surface area contributed by atoms with E-state index >= 15 is 0 Å². The number of aliphatic hydroxyl groups is 1. The molecule has 3 aromatic carbocycles. The van der Waals surface area contributed by atoms with Crippen molar-refractivity contribution in [1.29, 1.82) is 0 Å². The number of nitrogens with zero attached hydrogens (tertiary/aromatic N) is 2. The zero-order valence-corrected chi connectivity index (χ0v) is 29.0. The minimum atomic E-state index is -1.44. The average Bonchev–Trinajstić information content (AvgIpc) is 3.74. The van der Waals surface area contributed by atoms with Gasteiger partial charge in [0.25, 0.3) is 0 Å². The summed E-state index contributed by atoms with van der Waals surface area (Å²) in [4.78, 5) is 61.1. The third kappa shape index (κ3) is 6.39. The van der Waals surface area contributed by atoms with Crippen LogP contribution in [0.3, 0.4) is 0 Å². The number of carbonyl (C=O) groups is 4. The quantitative estimate of drug-likeness (QED) is 0.188. The van der Waals surface area contributed by atoms with E-state index in [1.165, 1.54) is 16.0 Å². The van der Waals surface area contributed by atoms with Gasteiger partial charge in [-0.2, -0.15) is 5.06 Å². The molecule has 0 spiro atoms. The lowest BCUT2D eigenvalue weighted by Crippen LogP contribution is -2.69. The molecule has 3 saturated heterocycles. The van der Waals surface area contributed by atoms with Crippen LogP contribution in [0.2, 0.25) is 0 Å². The van der Waals surface area contributed by atoms with Gasteiger partial charge in [0.2, 0.25) is 23.5 Å². The molecule has 6 atom stereocenters. The van der Waals surface area contributed by atoms with Crippen molar-refractivity contribution in [2.24, 2.45) is 5.41 Å². The SMILES string of the molecule is CN(C)C(=O)C=Cc1ccc(CN2OC3C4OC(c5ccccc5)(c5ccccc5)OC4C4CC3(C(=O)NCCC(=O)NCCO)C2C(=O)O4)cc1. The number of amides is 3. The van der Waals surface area contributed by atoms with Crippen molar-refractivity contribution in [1.82, 2.24) is 20.6 Å². The summed E-state index contributed by atoms with van der Waals surface area (Å²) >= 11 is 0. The van der Waals surface area contributed by atoms with Crippen LogP contribution in [0.4, 0.5) is 0 Å². The van der Waals surface area contributed by atoms with Gasteiger partial charge in [0, 0.05) is 57.2 Å². The van der Waals surface area contributed by atoms with Crippen LogP contribution in [-0.4, -0.2) is 103 Å². The Morgan fingerprint density at radius 3 is 2.19 bits per heavy atom. The Morgan fingerprint density at radius 2 is 1.56 bits per heavy atom. The van der Waals surface area contributed by atoms with Gasteiger partial charge >= 0.3 is 5.97 Å². The van der Waals surface area contributed by atoms with Crippen LogP contribution in [-0.2, 0) is 50.6 Å². The number of ether oxygens (including phenoxy) is 3. The molecule has 0 aromatic heterocycles. The summed E-state index contributed by atoms with van der Waals surface area (Å²) in [5.41, 5.74) is 1.63. The Bertz CT molecular complexity index is 1780. The largest absolute Gasteiger partial charge is 0.458 e. The van der Waals surface area contributed by atoms with Crippen molar-refractivity contribution >= 4 is 29.8 Å². The van der Waals surface area contributed by atoms with Gasteiger partial charge in [-0.3, -0.25) is 24.0 Å². The molecule has 4 aliphatic rings. The standard InChI is InChI=1S/C39H42N4O9/c1-42(2)31(46)18-17-25-13-15-26(16-14-25)24-43-34-36(47)49-29-23-38(34,37(48)41-20-19-30(45)40-21-22-44)35(52-43)33-32(29)50-39(51-33,27-9-5-3-6-10-27)28-11-7-4-8-12-28/h3-18,29,32-35,44H,19-24H2,1-2H3,(H,40,45)(H,41,48). The summed E-state index contributed by atoms with van der Waals surface area (Å²) in [7, 11) is 3.36. The number of rotatable bonds is 12. The molecule has 3 amide bonds. The predicted octanol–water partition coefficient (Wildman–Crippen LogP) is 1.89. The van der Waals surface area contributed by atoms with Gasteiger partial charge in [-0.1, -0.05) is 84.9 Å². The van der Waals surface area contributed by atoms with E-state index < -0.39 is 53.5 Å². The van der Waals surface area contributed by atoms with Crippen LogP contribution in [0.15, 0.2) is 91.0 Å². The zero-order valence-electron chi connectivity index (χ0n) is 29.0. The number of hydrogen-bond acceptors (Lipinski definition) is 10. The molecule has 0 radical (unpaired) electrons. The lowest BCUT2D eigenvalue weighted by molar-refractivity contribution is -0.213. The molecule has 3 aliphatic heterocycles. The fourth-order valence-corrected chi connectivity index (χ4v) is 7.66. The maximum absolute atomic E-state index is 14.5. The lowest BCUT2D eigenvalue weighted by Gasteiger charge is -2.48. The molecule has 2 bridgehead atoms. The normalized spacial score (nSPS) is 27.1. The van der Waals surface area contributed by atoms with E-state index in [0.29, 0.717) is 0 Å². The molecule has 4 fully saturated rings. The van der Waals surface area contributed by atoms with Crippen LogP contribution in [0.1, 0.15) is 35.1 Å². The number of nitrogens with one attached hydrogen (secondary N) is 2. The summed E-state index contributed by atoms with van der Waals surface area (Å²) in [6.45, 7) is 0.0508. The summed E-state index contributed by atoms with van der Waals surface area (Å²) in [6.07, 6.45) is -0.0779.